The fraction of sp³-hybridized carbons (Fsp3) is 0.679. The lowest BCUT2D eigenvalue weighted by Crippen LogP contribution is -2.50. The summed E-state index contributed by atoms with van der Waals surface area (Å²) in [6.45, 7) is 6.80. The number of nitrogens with zero attached hydrogens (tertiary/aromatic N) is 2. The fourth-order valence-electron chi connectivity index (χ4n) is 5.94. The first-order valence-electron chi connectivity index (χ1n) is 13.4. The molecular weight excluding hydrogens is 428 g/mol. The Bertz CT molecular complexity index is 785. The van der Waals surface area contributed by atoms with E-state index in [2.05, 4.69) is 35.2 Å². The molecule has 6 nitrogen and oxygen atoms in total. The molecule has 1 saturated carbocycles. The molecule has 1 N–H and O–H groups in total. The average Bonchev–Trinajstić information content (AvgIpc) is 2.89. The van der Waals surface area contributed by atoms with Gasteiger partial charge in [0.2, 0.25) is 6.29 Å². The van der Waals surface area contributed by atoms with Crippen molar-refractivity contribution in [2.75, 3.05) is 39.4 Å². The zero-order valence-electron chi connectivity index (χ0n) is 20.7. The number of allylic oxidation sites excluding steroid dienone is 1. The van der Waals surface area contributed by atoms with Gasteiger partial charge in [0.25, 0.3) is 5.91 Å². The molecule has 2 fully saturated rings. The van der Waals surface area contributed by atoms with Gasteiger partial charge in [0, 0.05) is 51.9 Å². The number of carbonyl (C=O) groups is 1. The van der Waals surface area contributed by atoms with Gasteiger partial charge in [0.15, 0.2) is 5.76 Å². The first-order chi connectivity index (χ1) is 16.7. The molecule has 34 heavy (non-hydrogen) atoms. The summed E-state index contributed by atoms with van der Waals surface area (Å²) in [7, 11) is 0. The Morgan fingerprint density at radius 3 is 2.50 bits per heavy atom. The van der Waals surface area contributed by atoms with Crippen molar-refractivity contribution in [3.63, 3.8) is 0 Å². The molecule has 0 aromatic heterocycles. The molecule has 4 rings (SSSR count). The average molecular weight is 471 g/mol. The summed E-state index contributed by atoms with van der Waals surface area (Å²) >= 11 is 0. The Morgan fingerprint density at radius 1 is 1.09 bits per heavy atom. The Labute approximate surface area is 204 Å². The van der Waals surface area contributed by atoms with Crippen LogP contribution in [0.5, 0.6) is 0 Å². The molecule has 0 spiro atoms. The van der Waals surface area contributed by atoms with Crippen LogP contribution in [0.3, 0.4) is 0 Å². The van der Waals surface area contributed by atoms with Crippen molar-refractivity contribution in [2.45, 2.75) is 64.7 Å². The van der Waals surface area contributed by atoms with Crippen LogP contribution in [0.4, 0.5) is 0 Å². The SMILES string of the molecule is CCO[C@@H]1OC(C(=O)N2CCN(Cc3ccccc3)CC2)=C[C@H](C2CCCCC2)[C@@H]1CCCO. The van der Waals surface area contributed by atoms with E-state index >= 15 is 0 Å². The Morgan fingerprint density at radius 2 is 1.82 bits per heavy atom. The number of amides is 1. The van der Waals surface area contributed by atoms with E-state index in [9.17, 15) is 9.90 Å². The quantitative estimate of drug-likeness (QED) is 0.586. The molecule has 0 unspecified atom stereocenters. The third kappa shape index (κ3) is 6.41. The number of hydrogen-bond donors (Lipinski definition) is 1. The summed E-state index contributed by atoms with van der Waals surface area (Å²) < 4.78 is 12.3. The minimum Gasteiger partial charge on any atom is -0.459 e. The van der Waals surface area contributed by atoms with Gasteiger partial charge in [-0.15, -0.1) is 0 Å². The Kier molecular flexibility index (Phi) is 9.42. The molecule has 1 aliphatic carbocycles. The number of aliphatic hydroxyl groups excluding tert-OH is 1. The highest BCUT2D eigenvalue weighted by Gasteiger charge is 2.41. The minimum atomic E-state index is -0.410. The molecule has 0 bridgehead atoms. The van der Waals surface area contributed by atoms with Crippen LogP contribution in [-0.4, -0.2) is 66.5 Å². The maximum Gasteiger partial charge on any atom is 0.288 e. The number of rotatable bonds is 9. The predicted molar refractivity (Wildman–Crippen MR) is 133 cm³/mol. The predicted octanol–water partition coefficient (Wildman–Crippen LogP) is 4.19. The van der Waals surface area contributed by atoms with Crippen LogP contribution in [0.15, 0.2) is 42.2 Å². The van der Waals surface area contributed by atoms with Gasteiger partial charge in [0.1, 0.15) is 0 Å². The van der Waals surface area contributed by atoms with E-state index in [-0.39, 0.29) is 24.3 Å². The van der Waals surface area contributed by atoms with E-state index in [0.717, 1.165) is 32.5 Å². The second kappa shape index (κ2) is 12.7. The van der Waals surface area contributed by atoms with Crippen LogP contribution in [0.25, 0.3) is 0 Å². The highest BCUT2D eigenvalue weighted by atomic mass is 16.7. The lowest BCUT2D eigenvalue weighted by atomic mass is 9.71. The molecule has 1 saturated heterocycles. The van der Waals surface area contributed by atoms with E-state index in [1.807, 2.05) is 17.9 Å². The monoisotopic (exact) mass is 470 g/mol. The molecule has 2 heterocycles. The number of hydrogen-bond acceptors (Lipinski definition) is 5. The summed E-state index contributed by atoms with van der Waals surface area (Å²) in [5.74, 6) is 1.51. The molecule has 188 valence electrons. The van der Waals surface area contributed by atoms with Gasteiger partial charge in [-0.25, -0.2) is 0 Å². The van der Waals surface area contributed by atoms with Gasteiger partial charge in [-0.1, -0.05) is 49.6 Å². The third-order valence-electron chi connectivity index (χ3n) is 7.77. The van der Waals surface area contributed by atoms with Crippen molar-refractivity contribution in [1.82, 2.24) is 9.80 Å². The van der Waals surface area contributed by atoms with Crippen LogP contribution in [0, 0.1) is 17.8 Å². The van der Waals surface area contributed by atoms with E-state index in [1.54, 1.807) is 0 Å². The summed E-state index contributed by atoms with van der Waals surface area (Å²) in [4.78, 5) is 17.9. The molecule has 1 amide bonds. The summed E-state index contributed by atoms with van der Waals surface area (Å²) in [5.41, 5.74) is 1.31. The number of piperazine rings is 1. The van der Waals surface area contributed by atoms with Crippen LogP contribution in [0.2, 0.25) is 0 Å². The van der Waals surface area contributed by atoms with Gasteiger partial charge in [-0.05, 0) is 56.1 Å². The first kappa shape index (κ1) is 25.2. The smallest absolute Gasteiger partial charge is 0.288 e. The summed E-state index contributed by atoms with van der Waals surface area (Å²) in [5, 5.41) is 9.47. The van der Waals surface area contributed by atoms with Gasteiger partial charge in [0.05, 0.1) is 0 Å². The van der Waals surface area contributed by atoms with Crippen molar-refractivity contribution in [2.24, 2.45) is 17.8 Å². The largest absolute Gasteiger partial charge is 0.459 e. The van der Waals surface area contributed by atoms with Gasteiger partial charge in [-0.3, -0.25) is 9.69 Å². The number of carbonyl (C=O) groups excluding carboxylic acids is 1. The van der Waals surface area contributed by atoms with Crippen molar-refractivity contribution < 1.29 is 19.4 Å². The van der Waals surface area contributed by atoms with Crippen molar-refractivity contribution in [1.29, 1.82) is 0 Å². The highest BCUT2D eigenvalue weighted by Crippen LogP contribution is 2.42. The van der Waals surface area contributed by atoms with Crippen LogP contribution in [0.1, 0.15) is 57.4 Å². The van der Waals surface area contributed by atoms with E-state index < -0.39 is 6.29 Å². The molecule has 6 heteroatoms. The van der Waals surface area contributed by atoms with Crippen LogP contribution >= 0.6 is 0 Å². The van der Waals surface area contributed by atoms with Crippen molar-refractivity contribution in [3.8, 4) is 0 Å². The number of benzene rings is 1. The highest BCUT2D eigenvalue weighted by molar-refractivity contribution is 5.91. The number of aliphatic hydroxyl groups is 1. The van der Waals surface area contributed by atoms with Crippen LogP contribution < -0.4 is 0 Å². The maximum absolute atomic E-state index is 13.5. The first-order valence-corrected chi connectivity index (χ1v) is 13.4. The molecule has 0 radical (unpaired) electrons. The minimum absolute atomic E-state index is 0.00508. The summed E-state index contributed by atoms with van der Waals surface area (Å²) in [6.07, 6.45) is 9.55. The normalized spacial score (nSPS) is 26.7. The molecule has 2 aliphatic heterocycles. The third-order valence-corrected chi connectivity index (χ3v) is 7.77. The number of ether oxygens (including phenoxy) is 2. The second-order valence-corrected chi connectivity index (χ2v) is 10.0. The van der Waals surface area contributed by atoms with E-state index in [0.29, 0.717) is 31.4 Å². The lowest BCUT2D eigenvalue weighted by Gasteiger charge is -2.42. The Balaban J connectivity index is 1.44. The van der Waals surface area contributed by atoms with Gasteiger partial charge in [-0.2, -0.15) is 0 Å². The topological polar surface area (TPSA) is 62.2 Å². The molecular formula is C28H42N2O4. The second-order valence-electron chi connectivity index (χ2n) is 10.0. The van der Waals surface area contributed by atoms with Crippen molar-refractivity contribution >= 4 is 5.91 Å². The van der Waals surface area contributed by atoms with Gasteiger partial charge < -0.3 is 19.5 Å². The lowest BCUT2D eigenvalue weighted by molar-refractivity contribution is -0.180. The molecule has 1 aromatic rings. The van der Waals surface area contributed by atoms with E-state index in [1.165, 1.54) is 37.7 Å². The zero-order valence-corrected chi connectivity index (χ0v) is 20.7. The molecule has 1 aromatic carbocycles. The summed E-state index contributed by atoms with van der Waals surface area (Å²) in [6, 6.07) is 10.5. The van der Waals surface area contributed by atoms with Gasteiger partial charge >= 0.3 is 0 Å². The standard InChI is InChI=1S/C28H42N2O4/c1-2-33-28-24(14-9-19-31)25(23-12-7-4-8-13-23)20-26(34-28)27(32)30-17-15-29(16-18-30)21-22-10-5-3-6-11-22/h3,5-6,10-11,20,23-25,28,31H,2,4,7-9,12-19,21H2,1H3/t24-,25+,28+/m0/s1. The van der Waals surface area contributed by atoms with Crippen LogP contribution in [-0.2, 0) is 20.8 Å². The maximum atomic E-state index is 13.5. The molecule has 3 atom stereocenters. The van der Waals surface area contributed by atoms with E-state index in [4.69, 9.17) is 9.47 Å². The Hall–Kier alpha value is -1.89. The van der Waals surface area contributed by atoms with Crippen molar-refractivity contribution in [3.05, 3.63) is 47.7 Å². The molecule has 3 aliphatic rings. The fourth-order valence-corrected chi connectivity index (χ4v) is 5.94. The zero-order chi connectivity index (χ0) is 23.8.